The van der Waals surface area contributed by atoms with Crippen LogP contribution in [0, 0.1) is 12.7 Å². The topological polar surface area (TPSA) is 72.6 Å². The summed E-state index contributed by atoms with van der Waals surface area (Å²) < 4.78 is 40.0. The van der Waals surface area contributed by atoms with Gasteiger partial charge in [-0.3, -0.25) is 4.79 Å². The van der Waals surface area contributed by atoms with E-state index in [0.717, 1.165) is 37.1 Å². The van der Waals surface area contributed by atoms with Gasteiger partial charge in [-0.25, -0.2) is 18.1 Å². The summed E-state index contributed by atoms with van der Waals surface area (Å²) in [7, 11) is -1.74. The Labute approximate surface area is 178 Å². The molecule has 5 nitrogen and oxygen atoms in total. The van der Waals surface area contributed by atoms with Crippen LogP contribution in [0.25, 0.3) is 11.1 Å². The van der Waals surface area contributed by atoms with Crippen molar-refractivity contribution in [1.82, 2.24) is 4.90 Å². The van der Waals surface area contributed by atoms with Crippen molar-refractivity contribution in [3.8, 4) is 16.9 Å². The predicted molar refractivity (Wildman–Crippen MR) is 115 cm³/mol. The Kier molecular flexibility index (Phi) is 9.89. The molecule has 0 saturated carbocycles. The van der Waals surface area contributed by atoms with Gasteiger partial charge in [0.15, 0.2) is 17.6 Å². The second kappa shape index (κ2) is 12.4. The van der Waals surface area contributed by atoms with E-state index in [1.807, 2.05) is 42.2 Å². The lowest BCUT2D eigenvalue weighted by Gasteiger charge is -2.26. The van der Waals surface area contributed by atoms with E-state index >= 15 is 0 Å². The highest BCUT2D eigenvalue weighted by Crippen LogP contribution is 2.33. The normalized spacial score (nSPS) is 14.5. The minimum absolute atomic E-state index is 0.0909. The minimum Gasteiger partial charge on any atom is -0.489 e. The number of hydrogen-bond acceptors (Lipinski definition) is 3. The van der Waals surface area contributed by atoms with Crippen molar-refractivity contribution >= 4 is 16.9 Å². The number of amides is 1. The van der Waals surface area contributed by atoms with Gasteiger partial charge in [-0.1, -0.05) is 42.0 Å². The number of benzene rings is 2. The molecule has 1 heterocycles. The highest BCUT2D eigenvalue weighted by molar-refractivity contribution is 7.82. The van der Waals surface area contributed by atoms with Crippen molar-refractivity contribution in [2.24, 2.45) is 5.14 Å². The molecule has 1 unspecified atom stereocenters. The quantitative estimate of drug-likeness (QED) is 0.737. The Morgan fingerprint density at radius 1 is 1.17 bits per heavy atom. The lowest BCUT2D eigenvalue weighted by Crippen LogP contribution is -2.36. The molecule has 0 radical (unpaired) electrons. The highest BCUT2D eigenvalue weighted by Gasteiger charge is 2.17. The van der Waals surface area contributed by atoms with Gasteiger partial charge >= 0.3 is 0 Å². The molecular weight excluding hydrogens is 410 g/mol. The van der Waals surface area contributed by atoms with E-state index in [2.05, 4.69) is 5.14 Å². The Morgan fingerprint density at radius 3 is 2.47 bits per heavy atom. The van der Waals surface area contributed by atoms with Gasteiger partial charge in [-0.05, 0) is 37.8 Å². The summed E-state index contributed by atoms with van der Waals surface area (Å²) in [5, 5.41) is 4.39. The maximum atomic E-state index is 14.3. The van der Waals surface area contributed by atoms with E-state index in [-0.39, 0.29) is 24.7 Å². The summed E-state index contributed by atoms with van der Waals surface area (Å²) in [5.41, 5.74) is 2.74. The number of ether oxygens (including phenoxy) is 1. The molecule has 30 heavy (non-hydrogen) atoms. The third-order valence-electron chi connectivity index (χ3n) is 4.67. The molecule has 2 aromatic rings. The molecule has 0 aromatic heterocycles. The SMILES string of the molecule is Cc1cccc(-c2cccc(F)c2OCCC(=O)N2CCCCC2)c1.NS(=O)CF. The van der Waals surface area contributed by atoms with E-state index in [0.29, 0.717) is 5.56 Å². The maximum absolute atomic E-state index is 14.3. The number of likely N-dealkylation sites (tertiary alicyclic amines) is 1. The fourth-order valence-corrected chi connectivity index (χ4v) is 3.24. The van der Waals surface area contributed by atoms with Crippen molar-refractivity contribution < 1.29 is 22.5 Å². The van der Waals surface area contributed by atoms with Crippen LogP contribution < -0.4 is 9.88 Å². The number of nitrogens with zero attached hydrogens (tertiary/aromatic N) is 1. The molecule has 1 fully saturated rings. The number of piperidine rings is 1. The molecule has 1 aliphatic heterocycles. The van der Waals surface area contributed by atoms with Crippen molar-refractivity contribution in [3.05, 3.63) is 53.8 Å². The van der Waals surface area contributed by atoms with Crippen LogP contribution in [-0.2, 0) is 15.8 Å². The average molecular weight is 439 g/mol. The zero-order chi connectivity index (χ0) is 21.9. The van der Waals surface area contributed by atoms with Crippen molar-refractivity contribution in [2.75, 3.05) is 25.7 Å². The van der Waals surface area contributed by atoms with Crippen LogP contribution in [0.5, 0.6) is 5.75 Å². The first-order valence-corrected chi connectivity index (χ1v) is 11.3. The number of alkyl halides is 1. The molecular formula is C22H28F2N2O3S. The fraction of sp³-hybridized carbons (Fsp3) is 0.409. The van der Waals surface area contributed by atoms with E-state index in [1.54, 1.807) is 6.07 Å². The fourth-order valence-electron chi connectivity index (χ4n) is 3.24. The number of rotatable bonds is 6. The van der Waals surface area contributed by atoms with Crippen molar-refractivity contribution in [3.63, 3.8) is 0 Å². The number of para-hydroxylation sites is 1. The third-order valence-corrected chi connectivity index (χ3v) is 4.89. The van der Waals surface area contributed by atoms with Crippen LogP contribution in [0.2, 0.25) is 0 Å². The van der Waals surface area contributed by atoms with Gasteiger partial charge in [0.1, 0.15) is 11.0 Å². The van der Waals surface area contributed by atoms with Gasteiger partial charge in [0.05, 0.1) is 13.0 Å². The number of carbonyl (C=O) groups excluding carboxylic acids is 1. The second-order valence-corrected chi connectivity index (χ2v) is 8.00. The lowest BCUT2D eigenvalue weighted by molar-refractivity contribution is -0.132. The van der Waals surface area contributed by atoms with Gasteiger partial charge in [0, 0.05) is 18.7 Å². The summed E-state index contributed by atoms with van der Waals surface area (Å²) in [4.78, 5) is 14.1. The summed E-state index contributed by atoms with van der Waals surface area (Å²) in [6.45, 7) is 3.84. The van der Waals surface area contributed by atoms with Crippen LogP contribution in [0.3, 0.4) is 0 Å². The van der Waals surface area contributed by atoms with Crippen LogP contribution in [-0.4, -0.2) is 40.7 Å². The Balaban J connectivity index is 0.000000575. The standard InChI is InChI=1S/C21H24FNO2.CH4FNOS/c1-16-7-5-8-17(15-16)18-9-6-10-19(22)21(18)25-14-11-20(24)23-12-3-2-4-13-23;2-1-5(3)4/h5-10,15H,2-4,11-14H2,1H3;1,3H2. The molecule has 2 aromatic carbocycles. The van der Waals surface area contributed by atoms with Crippen LogP contribution in [0.15, 0.2) is 42.5 Å². The van der Waals surface area contributed by atoms with Crippen LogP contribution in [0.4, 0.5) is 8.78 Å². The third kappa shape index (κ3) is 7.50. The van der Waals surface area contributed by atoms with Crippen LogP contribution >= 0.6 is 0 Å². The summed E-state index contributed by atoms with van der Waals surface area (Å²) in [6.07, 6.45) is 3.60. The monoisotopic (exact) mass is 438 g/mol. The number of hydrogen-bond donors (Lipinski definition) is 1. The largest absolute Gasteiger partial charge is 0.489 e. The number of nitrogens with two attached hydrogens (primary N) is 1. The van der Waals surface area contributed by atoms with Crippen molar-refractivity contribution in [1.29, 1.82) is 0 Å². The summed E-state index contributed by atoms with van der Waals surface area (Å²) in [6, 6.07) is 11.9. The van der Waals surface area contributed by atoms with Crippen LogP contribution in [0.1, 0.15) is 31.2 Å². The molecule has 1 atom stereocenters. The average Bonchev–Trinajstić information content (AvgIpc) is 2.75. The van der Waals surface area contributed by atoms with Gasteiger partial charge in [0.25, 0.3) is 0 Å². The molecule has 2 N–H and O–H groups in total. The first-order valence-electron chi connectivity index (χ1n) is 9.87. The minimum atomic E-state index is -1.74. The number of aryl methyl sites for hydroxylation is 1. The molecule has 1 saturated heterocycles. The molecule has 1 amide bonds. The van der Waals surface area contributed by atoms with E-state index in [9.17, 15) is 17.8 Å². The maximum Gasteiger partial charge on any atom is 0.225 e. The molecule has 164 valence electrons. The number of carbonyl (C=O) groups is 1. The van der Waals surface area contributed by atoms with E-state index < -0.39 is 22.8 Å². The Bertz CT molecular complexity index is 858. The first-order chi connectivity index (χ1) is 14.4. The highest BCUT2D eigenvalue weighted by atomic mass is 32.2. The smallest absolute Gasteiger partial charge is 0.225 e. The van der Waals surface area contributed by atoms with Gasteiger partial charge in [0.2, 0.25) is 5.91 Å². The Hall–Kier alpha value is -2.32. The zero-order valence-corrected chi connectivity index (χ0v) is 17.9. The molecule has 0 spiro atoms. The molecule has 8 heteroatoms. The second-order valence-electron chi connectivity index (χ2n) is 7.02. The zero-order valence-electron chi connectivity index (χ0n) is 17.1. The van der Waals surface area contributed by atoms with E-state index in [4.69, 9.17) is 4.74 Å². The number of halogens is 2. The van der Waals surface area contributed by atoms with Gasteiger partial charge in [-0.2, -0.15) is 0 Å². The molecule has 0 aliphatic carbocycles. The predicted octanol–water partition coefficient (Wildman–Crippen LogP) is 4.12. The summed E-state index contributed by atoms with van der Waals surface area (Å²) in [5.74, 6) is -0.0860. The molecule has 3 rings (SSSR count). The summed E-state index contributed by atoms with van der Waals surface area (Å²) >= 11 is 0. The Morgan fingerprint density at radius 2 is 1.83 bits per heavy atom. The van der Waals surface area contributed by atoms with Gasteiger partial charge < -0.3 is 9.64 Å². The first kappa shape index (κ1) is 24.0. The van der Waals surface area contributed by atoms with E-state index in [1.165, 1.54) is 12.5 Å². The molecule has 0 bridgehead atoms. The molecule has 1 aliphatic rings. The van der Waals surface area contributed by atoms with Gasteiger partial charge in [-0.15, -0.1) is 0 Å². The lowest BCUT2D eigenvalue weighted by atomic mass is 10.0. The van der Waals surface area contributed by atoms with Crippen molar-refractivity contribution in [2.45, 2.75) is 32.6 Å².